The summed E-state index contributed by atoms with van der Waals surface area (Å²) in [5.74, 6) is -0.818. The van der Waals surface area contributed by atoms with Crippen LogP contribution in [-0.4, -0.2) is 53.2 Å². The fourth-order valence-electron chi connectivity index (χ4n) is 2.79. The summed E-state index contributed by atoms with van der Waals surface area (Å²) in [5, 5.41) is 22.4. The highest BCUT2D eigenvalue weighted by Gasteiger charge is 2.32. The summed E-state index contributed by atoms with van der Waals surface area (Å²) in [5.41, 5.74) is 1.53. The lowest BCUT2D eigenvalue weighted by molar-refractivity contribution is -0.122. The molecule has 172 valence electrons. The Labute approximate surface area is 194 Å². The molecule has 3 rings (SSSR count). The molecule has 1 heterocycles. The van der Waals surface area contributed by atoms with Crippen LogP contribution in [0, 0.1) is 0 Å². The summed E-state index contributed by atoms with van der Waals surface area (Å²) < 4.78 is 9.95. The number of nitrogens with zero attached hydrogens (tertiary/aromatic N) is 2. The standard InChI is InChI=1S/C22H22N4O6S/c1-3-32-21(30)14-5-7-15(8-6-14)24-19(28)11-18-20(29)25-22(33-18)26-23-12-13-4-9-16(27)17(10-13)31-2/h4-10,12,18,27H,3,11H2,1-2H3,(H,24,28)(H,25,26,29). The van der Waals surface area contributed by atoms with Gasteiger partial charge in [-0.05, 0) is 55.0 Å². The topological polar surface area (TPSA) is 139 Å². The third-order valence-electron chi connectivity index (χ3n) is 4.39. The molecule has 2 amide bonds. The second kappa shape index (κ2) is 11.1. The quantitative estimate of drug-likeness (QED) is 0.306. The minimum atomic E-state index is -0.647. The van der Waals surface area contributed by atoms with Crippen molar-refractivity contribution in [2.45, 2.75) is 18.6 Å². The summed E-state index contributed by atoms with van der Waals surface area (Å²) in [7, 11) is 1.44. The zero-order valence-electron chi connectivity index (χ0n) is 17.9. The smallest absolute Gasteiger partial charge is 0.338 e. The Balaban J connectivity index is 1.53. The van der Waals surface area contributed by atoms with E-state index in [0.29, 0.717) is 22.6 Å². The van der Waals surface area contributed by atoms with E-state index in [1.807, 2.05) is 0 Å². The van der Waals surface area contributed by atoms with Gasteiger partial charge in [-0.2, -0.15) is 5.10 Å². The van der Waals surface area contributed by atoms with Gasteiger partial charge in [-0.15, -0.1) is 5.10 Å². The Morgan fingerprint density at radius 1 is 1.24 bits per heavy atom. The molecule has 1 aliphatic rings. The van der Waals surface area contributed by atoms with Crippen LogP contribution in [0.25, 0.3) is 0 Å². The second-order valence-electron chi connectivity index (χ2n) is 6.73. The fourth-order valence-corrected chi connectivity index (χ4v) is 3.72. The molecule has 2 aromatic rings. The molecule has 1 unspecified atom stereocenters. The van der Waals surface area contributed by atoms with Gasteiger partial charge in [-0.3, -0.25) is 9.59 Å². The van der Waals surface area contributed by atoms with Crippen molar-refractivity contribution in [1.82, 2.24) is 5.32 Å². The van der Waals surface area contributed by atoms with Gasteiger partial charge in [-0.25, -0.2) is 4.79 Å². The number of benzene rings is 2. The van der Waals surface area contributed by atoms with Crippen molar-refractivity contribution in [2.24, 2.45) is 10.2 Å². The van der Waals surface area contributed by atoms with E-state index in [2.05, 4.69) is 20.8 Å². The van der Waals surface area contributed by atoms with Gasteiger partial charge in [0.1, 0.15) is 5.25 Å². The van der Waals surface area contributed by atoms with Gasteiger partial charge in [-0.1, -0.05) is 11.8 Å². The van der Waals surface area contributed by atoms with Crippen molar-refractivity contribution < 1.29 is 29.0 Å². The van der Waals surface area contributed by atoms with Crippen LogP contribution in [0.1, 0.15) is 29.3 Å². The lowest BCUT2D eigenvalue weighted by Crippen LogP contribution is -2.28. The first-order valence-electron chi connectivity index (χ1n) is 9.92. The largest absolute Gasteiger partial charge is 0.504 e. The van der Waals surface area contributed by atoms with E-state index in [1.54, 1.807) is 43.3 Å². The monoisotopic (exact) mass is 470 g/mol. The zero-order chi connectivity index (χ0) is 23.8. The SMILES string of the molecule is CCOC(=O)c1ccc(NC(=O)CC2SC(=NN=Cc3ccc(O)c(OC)c3)NC2=O)cc1. The minimum absolute atomic E-state index is 0.00985. The Bertz CT molecular complexity index is 1100. The minimum Gasteiger partial charge on any atom is -0.504 e. The average molecular weight is 471 g/mol. The van der Waals surface area contributed by atoms with Gasteiger partial charge in [0.15, 0.2) is 16.7 Å². The molecule has 0 aromatic heterocycles. The number of aromatic hydroxyl groups is 1. The summed E-state index contributed by atoms with van der Waals surface area (Å²) in [4.78, 5) is 36.2. The van der Waals surface area contributed by atoms with E-state index in [0.717, 1.165) is 11.8 Å². The number of hydrogen-bond donors (Lipinski definition) is 3. The number of ether oxygens (including phenoxy) is 2. The molecule has 1 atom stereocenters. The molecule has 1 fully saturated rings. The maximum absolute atomic E-state index is 12.3. The first-order valence-corrected chi connectivity index (χ1v) is 10.8. The van der Waals surface area contributed by atoms with Crippen molar-refractivity contribution in [3.05, 3.63) is 53.6 Å². The molecular formula is C22H22N4O6S. The van der Waals surface area contributed by atoms with Crippen molar-refractivity contribution in [3.63, 3.8) is 0 Å². The van der Waals surface area contributed by atoms with Crippen LogP contribution >= 0.6 is 11.8 Å². The lowest BCUT2D eigenvalue weighted by atomic mass is 10.2. The second-order valence-corrected chi connectivity index (χ2v) is 7.92. The van der Waals surface area contributed by atoms with Crippen LogP contribution in [0.15, 0.2) is 52.7 Å². The van der Waals surface area contributed by atoms with Gasteiger partial charge in [0.05, 0.1) is 25.5 Å². The van der Waals surface area contributed by atoms with Gasteiger partial charge >= 0.3 is 5.97 Å². The van der Waals surface area contributed by atoms with Crippen LogP contribution in [-0.2, 0) is 14.3 Å². The molecule has 10 nitrogen and oxygen atoms in total. The van der Waals surface area contributed by atoms with Gasteiger partial charge in [0.25, 0.3) is 0 Å². The van der Waals surface area contributed by atoms with E-state index in [1.165, 1.54) is 19.4 Å². The van der Waals surface area contributed by atoms with Crippen LogP contribution in [0.4, 0.5) is 5.69 Å². The number of methoxy groups -OCH3 is 1. The number of phenols is 1. The molecule has 2 aromatic carbocycles. The fraction of sp³-hybridized carbons (Fsp3) is 0.227. The van der Waals surface area contributed by atoms with E-state index in [-0.39, 0.29) is 35.8 Å². The van der Waals surface area contributed by atoms with Crippen molar-refractivity contribution >= 4 is 46.6 Å². The number of esters is 1. The van der Waals surface area contributed by atoms with Gasteiger partial charge < -0.3 is 25.2 Å². The maximum atomic E-state index is 12.3. The predicted octanol–water partition coefficient (Wildman–Crippen LogP) is 2.53. The summed E-state index contributed by atoms with van der Waals surface area (Å²) in [6.45, 7) is 2.00. The van der Waals surface area contributed by atoms with E-state index >= 15 is 0 Å². The lowest BCUT2D eigenvalue weighted by Gasteiger charge is -2.08. The van der Waals surface area contributed by atoms with Crippen LogP contribution in [0.3, 0.4) is 0 Å². The van der Waals surface area contributed by atoms with Crippen LogP contribution < -0.4 is 15.4 Å². The number of hydrogen-bond acceptors (Lipinski definition) is 9. The summed E-state index contributed by atoms with van der Waals surface area (Å²) in [6.07, 6.45) is 1.38. The number of amidine groups is 1. The number of anilines is 1. The van der Waals surface area contributed by atoms with Gasteiger partial charge in [0, 0.05) is 12.1 Å². The first-order chi connectivity index (χ1) is 15.9. The van der Waals surface area contributed by atoms with Crippen molar-refractivity contribution in [1.29, 1.82) is 0 Å². The average Bonchev–Trinajstić information content (AvgIpc) is 3.14. The number of phenolic OH excluding ortho intramolecular Hbond substituents is 1. The number of carbonyl (C=O) groups is 3. The van der Waals surface area contributed by atoms with Crippen LogP contribution in [0.2, 0.25) is 0 Å². The summed E-state index contributed by atoms with van der Waals surface area (Å²) in [6, 6.07) is 11.0. The number of rotatable bonds is 8. The number of thioether (sulfide) groups is 1. The third kappa shape index (κ3) is 6.56. The molecule has 1 aliphatic heterocycles. The molecule has 1 saturated heterocycles. The molecule has 0 bridgehead atoms. The molecule has 0 radical (unpaired) electrons. The number of amides is 2. The summed E-state index contributed by atoms with van der Waals surface area (Å²) >= 11 is 1.10. The van der Waals surface area contributed by atoms with Crippen molar-refractivity contribution in [3.8, 4) is 11.5 Å². The van der Waals surface area contributed by atoms with E-state index < -0.39 is 11.2 Å². The van der Waals surface area contributed by atoms with Gasteiger partial charge in [0.2, 0.25) is 11.8 Å². The number of nitrogens with one attached hydrogen (secondary N) is 2. The Morgan fingerprint density at radius 2 is 2.00 bits per heavy atom. The molecule has 0 aliphatic carbocycles. The predicted molar refractivity (Wildman–Crippen MR) is 125 cm³/mol. The molecule has 33 heavy (non-hydrogen) atoms. The highest BCUT2D eigenvalue weighted by molar-refractivity contribution is 8.15. The molecule has 3 N–H and O–H groups in total. The van der Waals surface area contributed by atoms with E-state index in [4.69, 9.17) is 9.47 Å². The number of carbonyl (C=O) groups excluding carboxylic acids is 3. The molecular weight excluding hydrogens is 448 g/mol. The molecule has 11 heteroatoms. The Morgan fingerprint density at radius 3 is 2.70 bits per heavy atom. The molecule has 0 saturated carbocycles. The Hall–Kier alpha value is -3.86. The first kappa shape index (κ1) is 23.8. The zero-order valence-corrected chi connectivity index (χ0v) is 18.7. The van der Waals surface area contributed by atoms with Crippen molar-refractivity contribution in [2.75, 3.05) is 19.0 Å². The Kier molecular flexibility index (Phi) is 8.03. The van der Waals surface area contributed by atoms with Crippen LogP contribution in [0.5, 0.6) is 11.5 Å². The highest BCUT2D eigenvalue weighted by Crippen LogP contribution is 2.26. The maximum Gasteiger partial charge on any atom is 0.338 e. The normalized spacial score (nSPS) is 16.6. The van der Waals surface area contributed by atoms with E-state index in [9.17, 15) is 19.5 Å². The highest BCUT2D eigenvalue weighted by atomic mass is 32.2. The third-order valence-corrected chi connectivity index (χ3v) is 5.46. The molecule has 0 spiro atoms.